The Balaban J connectivity index is 2.04. The Hall–Kier alpha value is -1.64. The number of aryl methyl sites for hydroxylation is 1. The molecule has 19 heavy (non-hydrogen) atoms. The SMILES string of the molecule is O=C1OC(=O)C23CCCCC12CCc1ccccc13. The van der Waals surface area contributed by atoms with E-state index in [1.807, 2.05) is 18.2 Å². The van der Waals surface area contributed by atoms with Crippen molar-refractivity contribution < 1.29 is 14.3 Å². The van der Waals surface area contributed by atoms with Gasteiger partial charge in [-0.2, -0.15) is 0 Å². The summed E-state index contributed by atoms with van der Waals surface area (Å²) in [7, 11) is 0. The Morgan fingerprint density at radius 2 is 1.74 bits per heavy atom. The van der Waals surface area contributed by atoms with Gasteiger partial charge in [-0.05, 0) is 36.8 Å². The van der Waals surface area contributed by atoms with Crippen molar-refractivity contribution in [2.24, 2.45) is 5.41 Å². The van der Waals surface area contributed by atoms with Crippen LogP contribution in [-0.4, -0.2) is 11.9 Å². The van der Waals surface area contributed by atoms with E-state index in [0.29, 0.717) is 0 Å². The zero-order valence-electron chi connectivity index (χ0n) is 10.8. The molecule has 1 aromatic carbocycles. The predicted octanol–water partition coefficient (Wildman–Crippen LogP) is 2.51. The molecule has 1 saturated heterocycles. The van der Waals surface area contributed by atoms with Gasteiger partial charge >= 0.3 is 11.9 Å². The monoisotopic (exact) mass is 256 g/mol. The van der Waals surface area contributed by atoms with E-state index < -0.39 is 10.8 Å². The van der Waals surface area contributed by atoms with Crippen LogP contribution in [0.1, 0.15) is 43.2 Å². The van der Waals surface area contributed by atoms with Gasteiger partial charge in [-0.1, -0.05) is 37.1 Å². The van der Waals surface area contributed by atoms with Crippen molar-refractivity contribution in [3.8, 4) is 0 Å². The fourth-order valence-electron chi connectivity index (χ4n) is 4.56. The third-order valence-corrected chi connectivity index (χ3v) is 5.45. The number of ether oxygens (including phenoxy) is 1. The average Bonchev–Trinajstić information content (AvgIpc) is 2.69. The van der Waals surface area contributed by atoms with Crippen LogP contribution in [0.15, 0.2) is 24.3 Å². The summed E-state index contributed by atoms with van der Waals surface area (Å²) in [6.45, 7) is 0. The highest BCUT2D eigenvalue weighted by atomic mass is 16.6. The van der Waals surface area contributed by atoms with E-state index in [0.717, 1.165) is 44.1 Å². The Kier molecular flexibility index (Phi) is 2.05. The number of carbonyl (C=O) groups excluding carboxylic acids is 2. The second-order valence-electron chi connectivity index (χ2n) is 6.03. The number of rotatable bonds is 0. The van der Waals surface area contributed by atoms with E-state index in [9.17, 15) is 9.59 Å². The van der Waals surface area contributed by atoms with Gasteiger partial charge in [0.25, 0.3) is 0 Å². The molecule has 2 aliphatic carbocycles. The molecule has 2 atom stereocenters. The van der Waals surface area contributed by atoms with Crippen molar-refractivity contribution in [3.63, 3.8) is 0 Å². The molecule has 0 amide bonds. The van der Waals surface area contributed by atoms with E-state index in [1.165, 1.54) is 5.56 Å². The van der Waals surface area contributed by atoms with Gasteiger partial charge in [-0.15, -0.1) is 0 Å². The third-order valence-electron chi connectivity index (χ3n) is 5.45. The van der Waals surface area contributed by atoms with Gasteiger partial charge in [-0.25, -0.2) is 0 Å². The summed E-state index contributed by atoms with van der Waals surface area (Å²) in [5, 5.41) is 0. The smallest absolute Gasteiger partial charge is 0.325 e. The highest BCUT2D eigenvalue weighted by Gasteiger charge is 2.70. The molecule has 0 spiro atoms. The number of carbonyl (C=O) groups is 2. The van der Waals surface area contributed by atoms with Crippen LogP contribution in [0.4, 0.5) is 0 Å². The van der Waals surface area contributed by atoms with Crippen molar-refractivity contribution in [1.29, 1.82) is 0 Å². The van der Waals surface area contributed by atoms with E-state index in [4.69, 9.17) is 4.74 Å². The van der Waals surface area contributed by atoms with Crippen molar-refractivity contribution >= 4 is 11.9 Å². The zero-order valence-corrected chi connectivity index (χ0v) is 10.8. The molecule has 3 heteroatoms. The molecule has 1 heterocycles. The molecule has 0 bridgehead atoms. The van der Waals surface area contributed by atoms with Gasteiger partial charge in [0.05, 0.1) is 5.41 Å². The van der Waals surface area contributed by atoms with E-state index in [1.54, 1.807) is 0 Å². The first-order valence-corrected chi connectivity index (χ1v) is 7.06. The first-order valence-electron chi connectivity index (χ1n) is 7.06. The van der Waals surface area contributed by atoms with E-state index in [2.05, 4.69) is 6.07 Å². The maximum Gasteiger partial charge on any atom is 0.325 e. The van der Waals surface area contributed by atoms with Crippen LogP contribution in [0.25, 0.3) is 0 Å². The van der Waals surface area contributed by atoms with Crippen LogP contribution in [0.3, 0.4) is 0 Å². The summed E-state index contributed by atoms with van der Waals surface area (Å²) in [6, 6.07) is 8.08. The summed E-state index contributed by atoms with van der Waals surface area (Å²) < 4.78 is 5.12. The summed E-state index contributed by atoms with van der Waals surface area (Å²) in [5.41, 5.74) is 1.01. The van der Waals surface area contributed by atoms with Crippen LogP contribution >= 0.6 is 0 Å². The third kappa shape index (κ3) is 1.10. The molecule has 3 nitrogen and oxygen atoms in total. The van der Waals surface area contributed by atoms with Gasteiger partial charge in [0.2, 0.25) is 0 Å². The normalized spacial score (nSPS) is 36.2. The molecule has 2 unspecified atom stereocenters. The molecular formula is C16H16O3. The lowest BCUT2D eigenvalue weighted by Gasteiger charge is -2.48. The average molecular weight is 256 g/mol. The fourth-order valence-corrected chi connectivity index (χ4v) is 4.56. The molecule has 0 N–H and O–H groups in total. The first-order chi connectivity index (χ1) is 9.21. The van der Waals surface area contributed by atoms with Gasteiger partial charge in [0.15, 0.2) is 0 Å². The zero-order chi connectivity index (χ0) is 13.1. The van der Waals surface area contributed by atoms with Crippen LogP contribution < -0.4 is 0 Å². The Bertz CT molecular complexity index is 591. The highest BCUT2D eigenvalue weighted by Crippen LogP contribution is 2.62. The molecule has 98 valence electrons. The number of fused-ring (bicyclic) bond motifs is 1. The molecule has 1 aromatic rings. The largest absolute Gasteiger partial charge is 0.392 e. The molecule has 2 fully saturated rings. The standard InChI is InChI=1S/C16H16O3/c17-13-15-8-3-4-9-16(15,14(18)19-13)12-6-2-1-5-11(12)7-10-15/h1-2,5-6H,3-4,7-10H2. The minimum absolute atomic E-state index is 0.272. The molecule has 3 aliphatic rings. The molecule has 1 aliphatic heterocycles. The van der Waals surface area contributed by atoms with Gasteiger partial charge in [-0.3, -0.25) is 9.59 Å². The molecule has 4 rings (SSSR count). The van der Waals surface area contributed by atoms with Gasteiger partial charge < -0.3 is 4.74 Å². The minimum atomic E-state index is -0.683. The summed E-state index contributed by atoms with van der Waals surface area (Å²) in [6.07, 6.45) is 5.21. The lowest BCUT2D eigenvalue weighted by atomic mass is 9.49. The molecular weight excluding hydrogens is 240 g/mol. The van der Waals surface area contributed by atoms with Crippen molar-refractivity contribution in [3.05, 3.63) is 35.4 Å². The van der Waals surface area contributed by atoms with Crippen LogP contribution in [0, 0.1) is 5.41 Å². The van der Waals surface area contributed by atoms with Gasteiger partial charge in [0.1, 0.15) is 5.41 Å². The Morgan fingerprint density at radius 3 is 2.63 bits per heavy atom. The number of cyclic esters (lactones) is 2. The van der Waals surface area contributed by atoms with Crippen molar-refractivity contribution in [2.75, 3.05) is 0 Å². The fraction of sp³-hybridized carbons (Fsp3) is 0.500. The van der Waals surface area contributed by atoms with E-state index in [-0.39, 0.29) is 11.9 Å². The van der Waals surface area contributed by atoms with E-state index >= 15 is 0 Å². The lowest BCUT2D eigenvalue weighted by Crippen LogP contribution is -2.53. The summed E-state index contributed by atoms with van der Waals surface area (Å²) in [5.74, 6) is -0.573. The predicted molar refractivity (Wildman–Crippen MR) is 68.4 cm³/mol. The van der Waals surface area contributed by atoms with Crippen molar-refractivity contribution in [2.45, 2.75) is 43.9 Å². The maximum atomic E-state index is 12.5. The van der Waals surface area contributed by atoms with Crippen LogP contribution in [0.2, 0.25) is 0 Å². The Labute approximate surface area is 111 Å². The lowest BCUT2D eigenvalue weighted by molar-refractivity contribution is -0.155. The van der Waals surface area contributed by atoms with Gasteiger partial charge in [0, 0.05) is 0 Å². The quantitative estimate of drug-likeness (QED) is 0.529. The maximum absolute atomic E-state index is 12.5. The number of hydrogen-bond donors (Lipinski definition) is 0. The second-order valence-corrected chi connectivity index (χ2v) is 6.03. The second kappa shape index (κ2) is 3.47. The minimum Gasteiger partial charge on any atom is -0.392 e. The highest BCUT2D eigenvalue weighted by molar-refractivity contribution is 6.06. The first kappa shape index (κ1) is 11.2. The molecule has 0 aromatic heterocycles. The number of hydrogen-bond acceptors (Lipinski definition) is 3. The molecule has 1 saturated carbocycles. The van der Waals surface area contributed by atoms with Crippen LogP contribution in [0.5, 0.6) is 0 Å². The molecule has 0 radical (unpaired) electrons. The summed E-state index contributed by atoms with van der Waals surface area (Å²) >= 11 is 0. The summed E-state index contributed by atoms with van der Waals surface area (Å²) in [4.78, 5) is 24.8. The van der Waals surface area contributed by atoms with Crippen LogP contribution in [-0.2, 0) is 26.2 Å². The number of esters is 2. The van der Waals surface area contributed by atoms with Crippen molar-refractivity contribution in [1.82, 2.24) is 0 Å². The Morgan fingerprint density at radius 1 is 0.947 bits per heavy atom. The topological polar surface area (TPSA) is 43.4 Å². The number of benzene rings is 1.